The average molecular weight is 308 g/mol. The number of hydrogen-bond acceptors (Lipinski definition) is 1. The van der Waals surface area contributed by atoms with Gasteiger partial charge < -0.3 is 5.32 Å². The molecule has 0 bridgehead atoms. The Bertz CT molecular complexity index is 552. The summed E-state index contributed by atoms with van der Waals surface area (Å²) in [6.07, 6.45) is 0. The Morgan fingerprint density at radius 2 is 1.83 bits per heavy atom. The first-order chi connectivity index (χ1) is 8.58. The number of halogens is 2. The third-order valence-corrected chi connectivity index (χ3v) is 3.39. The Balaban J connectivity index is 2.31. The Hall–Kier alpha value is -1.35. The number of anilines is 2. The average Bonchev–Trinajstić information content (AvgIpc) is 2.34. The first-order valence-electron chi connectivity index (χ1n) is 5.89. The van der Waals surface area contributed by atoms with E-state index < -0.39 is 0 Å². The van der Waals surface area contributed by atoms with Crippen molar-refractivity contribution < 1.29 is 4.39 Å². The molecule has 0 saturated heterocycles. The van der Waals surface area contributed by atoms with Crippen LogP contribution in [0.5, 0.6) is 0 Å². The first-order valence-corrected chi connectivity index (χ1v) is 6.68. The van der Waals surface area contributed by atoms with Gasteiger partial charge in [0.15, 0.2) is 0 Å². The van der Waals surface area contributed by atoms with Gasteiger partial charge in [-0.1, -0.05) is 32.0 Å². The molecule has 0 aliphatic heterocycles. The summed E-state index contributed by atoms with van der Waals surface area (Å²) in [5.74, 6) is 0.190. The molecule has 0 aliphatic carbocycles. The van der Waals surface area contributed by atoms with Crippen molar-refractivity contribution in [1.29, 1.82) is 0 Å². The van der Waals surface area contributed by atoms with Crippen molar-refractivity contribution in [2.24, 2.45) is 0 Å². The van der Waals surface area contributed by atoms with E-state index in [0.29, 0.717) is 10.4 Å². The van der Waals surface area contributed by atoms with Crippen molar-refractivity contribution in [3.63, 3.8) is 0 Å². The Kier molecular flexibility index (Phi) is 4.02. The molecule has 0 aliphatic rings. The third-order valence-electron chi connectivity index (χ3n) is 2.78. The highest BCUT2D eigenvalue weighted by molar-refractivity contribution is 9.10. The van der Waals surface area contributed by atoms with E-state index in [-0.39, 0.29) is 5.82 Å². The fourth-order valence-corrected chi connectivity index (χ4v) is 2.22. The second-order valence-electron chi connectivity index (χ2n) is 4.50. The standard InChI is InChI=1S/C15H15BrFN/c1-10(2)12-5-3-4-6-15(12)18-11-7-8-14(17)13(16)9-11/h3-10,18H,1-2H3. The smallest absolute Gasteiger partial charge is 0.137 e. The molecule has 0 spiro atoms. The molecule has 18 heavy (non-hydrogen) atoms. The number of para-hydroxylation sites is 1. The van der Waals surface area contributed by atoms with Crippen molar-refractivity contribution in [3.8, 4) is 0 Å². The molecule has 3 heteroatoms. The summed E-state index contributed by atoms with van der Waals surface area (Å²) in [4.78, 5) is 0. The van der Waals surface area contributed by atoms with Crippen molar-refractivity contribution in [3.05, 3.63) is 58.3 Å². The van der Waals surface area contributed by atoms with Crippen LogP contribution in [0.4, 0.5) is 15.8 Å². The highest BCUT2D eigenvalue weighted by Crippen LogP contribution is 2.28. The van der Waals surface area contributed by atoms with Crippen LogP contribution in [0, 0.1) is 5.82 Å². The summed E-state index contributed by atoms with van der Waals surface area (Å²) in [5.41, 5.74) is 3.18. The molecular weight excluding hydrogens is 293 g/mol. The molecule has 0 radical (unpaired) electrons. The van der Waals surface area contributed by atoms with E-state index in [0.717, 1.165) is 11.4 Å². The van der Waals surface area contributed by atoms with Crippen LogP contribution in [0.2, 0.25) is 0 Å². The lowest BCUT2D eigenvalue weighted by atomic mass is 10.0. The second kappa shape index (κ2) is 5.53. The summed E-state index contributed by atoms with van der Waals surface area (Å²) in [5, 5.41) is 3.33. The molecule has 0 atom stereocenters. The van der Waals surface area contributed by atoms with E-state index in [1.807, 2.05) is 18.2 Å². The Morgan fingerprint density at radius 3 is 2.50 bits per heavy atom. The number of nitrogens with one attached hydrogen (secondary N) is 1. The van der Waals surface area contributed by atoms with Gasteiger partial charge in [0.25, 0.3) is 0 Å². The molecule has 0 saturated carbocycles. The Morgan fingerprint density at radius 1 is 1.11 bits per heavy atom. The van der Waals surface area contributed by atoms with Gasteiger partial charge in [-0.2, -0.15) is 0 Å². The van der Waals surface area contributed by atoms with E-state index in [1.54, 1.807) is 12.1 Å². The zero-order chi connectivity index (χ0) is 13.1. The van der Waals surface area contributed by atoms with E-state index in [2.05, 4.69) is 41.2 Å². The van der Waals surface area contributed by atoms with E-state index in [9.17, 15) is 4.39 Å². The van der Waals surface area contributed by atoms with Crippen molar-refractivity contribution in [1.82, 2.24) is 0 Å². The zero-order valence-corrected chi connectivity index (χ0v) is 12.0. The molecule has 2 rings (SSSR count). The van der Waals surface area contributed by atoms with Gasteiger partial charge in [-0.3, -0.25) is 0 Å². The minimum absolute atomic E-state index is 0.252. The molecule has 0 unspecified atom stereocenters. The van der Waals surface area contributed by atoms with Crippen molar-refractivity contribution in [2.75, 3.05) is 5.32 Å². The van der Waals surface area contributed by atoms with Crippen molar-refractivity contribution >= 4 is 27.3 Å². The molecule has 94 valence electrons. The van der Waals surface area contributed by atoms with Crippen LogP contribution >= 0.6 is 15.9 Å². The molecule has 2 aromatic carbocycles. The first kappa shape index (κ1) is 13.1. The van der Waals surface area contributed by atoms with Gasteiger partial charge in [-0.15, -0.1) is 0 Å². The number of rotatable bonds is 3. The third kappa shape index (κ3) is 2.91. The van der Waals surface area contributed by atoms with Crippen LogP contribution in [-0.4, -0.2) is 0 Å². The van der Waals surface area contributed by atoms with Crippen LogP contribution in [0.3, 0.4) is 0 Å². The predicted molar refractivity (Wildman–Crippen MR) is 77.9 cm³/mol. The molecule has 2 aromatic rings. The predicted octanol–water partition coefficient (Wildman–Crippen LogP) is 5.46. The lowest BCUT2D eigenvalue weighted by Crippen LogP contribution is -1.97. The SMILES string of the molecule is CC(C)c1ccccc1Nc1ccc(F)c(Br)c1. The van der Waals surface area contributed by atoms with E-state index >= 15 is 0 Å². The van der Waals surface area contributed by atoms with Crippen LogP contribution in [-0.2, 0) is 0 Å². The quantitative estimate of drug-likeness (QED) is 0.794. The topological polar surface area (TPSA) is 12.0 Å². The molecular formula is C15H15BrFN. The highest BCUT2D eigenvalue weighted by Gasteiger charge is 2.06. The van der Waals surface area contributed by atoms with Crippen LogP contribution in [0.15, 0.2) is 46.9 Å². The minimum atomic E-state index is -0.252. The maximum absolute atomic E-state index is 13.2. The van der Waals surface area contributed by atoms with Crippen LogP contribution in [0.1, 0.15) is 25.3 Å². The van der Waals surface area contributed by atoms with E-state index in [1.165, 1.54) is 11.6 Å². The van der Waals surface area contributed by atoms with Crippen LogP contribution < -0.4 is 5.32 Å². The fraction of sp³-hybridized carbons (Fsp3) is 0.200. The molecule has 0 heterocycles. The monoisotopic (exact) mass is 307 g/mol. The zero-order valence-electron chi connectivity index (χ0n) is 10.4. The van der Waals surface area contributed by atoms with Gasteiger partial charge in [0.05, 0.1) is 4.47 Å². The molecule has 1 N–H and O–H groups in total. The van der Waals surface area contributed by atoms with E-state index in [4.69, 9.17) is 0 Å². The maximum Gasteiger partial charge on any atom is 0.137 e. The van der Waals surface area contributed by atoms with Crippen LogP contribution in [0.25, 0.3) is 0 Å². The van der Waals surface area contributed by atoms with Crippen molar-refractivity contribution in [2.45, 2.75) is 19.8 Å². The lowest BCUT2D eigenvalue weighted by Gasteiger charge is -2.14. The van der Waals surface area contributed by atoms with Gasteiger partial charge in [-0.25, -0.2) is 4.39 Å². The number of benzene rings is 2. The summed E-state index contributed by atoms with van der Waals surface area (Å²) >= 11 is 3.19. The molecule has 1 nitrogen and oxygen atoms in total. The van der Waals surface area contributed by atoms with Gasteiger partial charge in [0.2, 0.25) is 0 Å². The Labute approximate surface area is 115 Å². The summed E-state index contributed by atoms with van der Waals surface area (Å²) in [7, 11) is 0. The summed E-state index contributed by atoms with van der Waals surface area (Å²) in [6.45, 7) is 4.31. The molecule has 0 amide bonds. The number of hydrogen-bond donors (Lipinski definition) is 1. The molecule has 0 fully saturated rings. The van der Waals surface area contributed by atoms with Gasteiger partial charge in [0.1, 0.15) is 5.82 Å². The maximum atomic E-state index is 13.2. The van der Waals surface area contributed by atoms with Gasteiger partial charge in [0, 0.05) is 11.4 Å². The largest absolute Gasteiger partial charge is 0.355 e. The second-order valence-corrected chi connectivity index (χ2v) is 5.35. The van der Waals surface area contributed by atoms with Gasteiger partial charge >= 0.3 is 0 Å². The lowest BCUT2D eigenvalue weighted by molar-refractivity contribution is 0.621. The minimum Gasteiger partial charge on any atom is -0.355 e. The fourth-order valence-electron chi connectivity index (χ4n) is 1.84. The molecule has 0 aromatic heterocycles. The summed E-state index contributed by atoms with van der Waals surface area (Å²) in [6, 6.07) is 13.1. The van der Waals surface area contributed by atoms with Gasteiger partial charge in [-0.05, 0) is 51.7 Å². The summed E-state index contributed by atoms with van der Waals surface area (Å²) < 4.78 is 13.6. The highest BCUT2D eigenvalue weighted by atomic mass is 79.9. The normalized spacial score (nSPS) is 10.7.